The first-order valence-electron chi connectivity index (χ1n) is 8.64. The van der Waals surface area contributed by atoms with E-state index < -0.39 is 0 Å². The Kier molecular flexibility index (Phi) is 5.64. The highest BCUT2D eigenvalue weighted by Crippen LogP contribution is 2.19. The van der Waals surface area contributed by atoms with Crippen LogP contribution < -0.4 is 15.4 Å². The second-order valence-corrected chi connectivity index (χ2v) is 6.16. The highest BCUT2D eigenvalue weighted by atomic mass is 16.5. The summed E-state index contributed by atoms with van der Waals surface area (Å²) in [6.45, 7) is 3.30. The number of rotatable bonds is 6. The molecule has 3 aromatic rings. The summed E-state index contributed by atoms with van der Waals surface area (Å²) in [6, 6.07) is 15.7. The third kappa shape index (κ3) is 4.70. The Labute approximate surface area is 162 Å². The lowest BCUT2D eigenvalue weighted by atomic mass is 10.1. The highest BCUT2D eigenvalue weighted by Gasteiger charge is 2.12. The molecule has 7 heteroatoms. The monoisotopic (exact) mass is 376 g/mol. The normalized spacial score (nSPS) is 10.2. The van der Waals surface area contributed by atoms with Crippen molar-refractivity contribution in [1.82, 2.24) is 9.97 Å². The van der Waals surface area contributed by atoms with E-state index >= 15 is 0 Å². The Bertz CT molecular complexity index is 1020. The molecule has 0 saturated carbocycles. The van der Waals surface area contributed by atoms with Crippen molar-refractivity contribution in [2.75, 3.05) is 17.7 Å². The maximum atomic E-state index is 12.6. The molecular weight excluding hydrogens is 356 g/mol. The fourth-order valence-corrected chi connectivity index (χ4v) is 2.55. The van der Waals surface area contributed by atoms with Crippen LogP contribution in [0.3, 0.4) is 0 Å². The van der Waals surface area contributed by atoms with Crippen molar-refractivity contribution in [1.29, 1.82) is 0 Å². The van der Waals surface area contributed by atoms with E-state index in [0.29, 0.717) is 28.6 Å². The molecule has 142 valence electrons. The zero-order valence-electron chi connectivity index (χ0n) is 15.8. The first-order chi connectivity index (χ1) is 13.4. The standard InChI is InChI=1S/C21H20N4O3/c1-13-11-19(20(27)23-17-5-4-6-18(12-17)28-3)25-21(22-13)24-16-9-7-15(8-10-16)14(2)26/h4-12H,1-3H3,(H,23,27)(H,22,24,25). The molecule has 0 saturated heterocycles. The summed E-state index contributed by atoms with van der Waals surface area (Å²) in [5, 5.41) is 5.85. The molecule has 0 unspecified atom stereocenters. The molecule has 0 aliphatic heterocycles. The number of benzene rings is 2. The molecule has 0 aliphatic carbocycles. The molecule has 0 spiro atoms. The van der Waals surface area contributed by atoms with Gasteiger partial charge in [0.25, 0.3) is 5.91 Å². The van der Waals surface area contributed by atoms with Crippen molar-refractivity contribution in [3.05, 3.63) is 71.5 Å². The van der Waals surface area contributed by atoms with E-state index in [4.69, 9.17) is 4.74 Å². The van der Waals surface area contributed by atoms with Crippen LogP contribution in [0, 0.1) is 6.92 Å². The summed E-state index contributed by atoms with van der Waals surface area (Å²) < 4.78 is 5.16. The van der Waals surface area contributed by atoms with E-state index in [1.807, 2.05) is 0 Å². The van der Waals surface area contributed by atoms with Crippen LogP contribution in [0.2, 0.25) is 0 Å². The number of nitrogens with one attached hydrogen (secondary N) is 2. The summed E-state index contributed by atoms with van der Waals surface area (Å²) in [4.78, 5) is 32.6. The van der Waals surface area contributed by atoms with Gasteiger partial charge in [0.05, 0.1) is 7.11 Å². The Hall–Kier alpha value is -3.74. The Morgan fingerprint density at radius 2 is 1.71 bits per heavy atom. The minimum Gasteiger partial charge on any atom is -0.497 e. The van der Waals surface area contributed by atoms with Gasteiger partial charge in [-0.3, -0.25) is 9.59 Å². The predicted octanol–water partition coefficient (Wildman–Crippen LogP) is 3.99. The number of ether oxygens (including phenoxy) is 1. The quantitative estimate of drug-likeness (QED) is 0.632. The molecule has 3 rings (SSSR count). The van der Waals surface area contributed by atoms with Crippen molar-refractivity contribution in [3.8, 4) is 5.75 Å². The van der Waals surface area contributed by atoms with Crippen LogP contribution in [-0.4, -0.2) is 28.8 Å². The highest BCUT2D eigenvalue weighted by molar-refractivity contribution is 6.03. The molecule has 2 N–H and O–H groups in total. The number of amides is 1. The Balaban J connectivity index is 1.78. The minimum absolute atomic E-state index is 0.00476. The van der Waals surface area contributed by atoms with Crippen LogP contribution >= 0.6 is 0 Å². The van der Waals surface area contributed by atoms with E-state index in [0.717, 1.165) is 5.69 Å². The molecular formula is C21H20N4O3. The van der Waals surface area contributed by atoms with Gasteiger partial charge in [0.2, 0.25) is 5.95 Å². The molecule has 0 aliphatic rings. The fraction of sp³-hybridized carbons (Fsp3) is 0.143. The lowest BCUT2D eigenvalue weighted by Crippen LogP contribution is -2.15. The average molecular weight is 376 g/mol. The van der Waals surface area contributed by atoms with Gasteiger partial charge in [-0.15, -0.1) is 0 Å². The number of anilines is 3. The van der Waals surface area contributed by atoms with Gasteiger partial charge in [-0.25, -0.2) is 9.97 Å². The third-order valence-electron chi connectivity index (χ3n) is 3.96. The Morgan fingerprint density at radius 3 is 2.39 bits per heavy atom. The lowest BCUT2D eigenvalue weighted by Gasteiger charge is -2.10. The number of hydrogen-bond donors (Lipinski definition) is 2. The lowest BCUT2D eigenvalue weighted by molar-refractivity contribution is 0.101. The van der Waals surface area contributed by atoms with Crippen molar-refractivity contribution >= 4 is 29.0 Å². The van der Waals surface area contributed by atoms with Gasteiger partial charge < -0.3 is 15.4 Å². The summed E-state index contributed by atoms with van der Waals surface area (Å²) >= 11 is 0. The van der Waals surface area contributed by atoms with Crippen LogP contribution in [0.25, 0.3) is 0 Å². The molecule has 0 radical (unpaired) electrons. The van der Waals surface area contributed by atoms with Gasteiger partial charge in [-0.2, -0.15) is 0 Å². The van der Waals surface area contributed by atoms with E-state index in [1.54, 1.807) is 68.6 Å². The van der Waals surface area contributed by atoms with Gasteiger partial charge in [-0.1, -0.05) is 6.07 Å². The summed E-state index contributed by atoms with van der Waals surface area (Å²) in [5.74, 6) is 0.586. The van der Waals surface area contributed by atoms with Crippen molar-refractivity contribution in [3.63, 3.8) is 0 Å². The second kappa shape index (κ2) is 8.30. The molecule has 0 atom stereocenters. The van der Waals surface area contributed by atoms with Crippen LogP contribution in [0.1, 0.15) is 33.5 Å². The molecule has 1 aromatic heterocycles. The van der Waals surface area contributed by atoms with Crippen molar-refractivity contribution in [2.45, 2.75) is 13.8 Å². The van der Waals surface area contributed by atoms with E-state index in [9.17, 15) is 9.59 Å². The van der Waals surface area contributed by atoms with Gasteiger partial charge in [0.1, 0.15) is 11.4 Å². The van der Waals surface area contributed by atoms with Gasteiger partial charge in [0.15, 0.2) is 5.78 Å². The third-order valence-corrected chi connectivity index (χ3v) is 3.96. The van der Waals surface area contributed by atoms with Gasteiger partial charge >= 0.3 is 0 Å². The number of carbonyl (C=O) groups excluding carboxylic acids is 2. The summed E-state index contributed by atoms with van der Waals surface area (Å²) in [7, 11) is 1.57. The predicted molar refractivity (Wildman–Crippen MR) is 107 cm³/mol. The summed E-state index contributed by atoms with van der Waals surface area (Å²) in [6.07, 6.45) is 0. The number of Topliss-reactive ketones (excluding diaryl/α,β-unsaturated/α-hetero) is 1. The summed E-state index contributed by atoms with van der Waals surface area (Å²) in [5.41, 5.74) is 2.82. The van der Waals surface area contributed by atoms with E-state index in [1.165, 1.54) is 6.92 Å². The van der Waals surface area contributed by atoms with Gasteiger partial charge in [-0.05, 0) is 56.3 Å². The van der Waals surface area contributed by atoms with Gasteiger partial charge in [0, 0.05) is 28.7 Å². The van der Waals surface area contributed by atoms with Crippen molar-refractivity contribution in [2.24, 2.45) is 0 Å². The largest absolute Gasteiger partial charge is 0.497 e. The molecule has 1 amide bonds. The molecule has 0 bridgehead atoms. The number of carbonyl (C=O) groups is 2. The minimum atomic E-state index is -0.353. The topological polar surface area (TPSA) is 93.2 Å². The Morgan fingerprint density at radius 1 is 0.964 bits per heavy atom. The first-order valence-corrected chi connectivity index (χ1v) is 8.64. The number of aromatic nitrogens is 2. The fourth-order valence-electron chi connectivity index (χ4n) is 2.55. The molecule has 1 heterocycles. The smallest absolute Gasteiger partial charge is 0.274 e. The number of nitrogens with zero attached hydrogens (tertiary/aromatic N) is 2. The SMILES string of the molecule is COc1cccc(NC(=O)c2cc(C)nc(Nc3ccc(C(C)=O)cc3)n2)c1. The zero-order valence-corrected chi connectivity index (χ0v) is 15.8. The van der Waals surface area contributed by atoms with Crippen LogP contribution in [0.4, 0.5) is 17.3 Å². The van der Waals surface area contributed by atoms with Crippen LogP contribution in [0.15, 0.2) is 54.6 Å². The second-order valence-electron chi connectivity index (χ2n) is 6.16. The maximum Gasteiger partial charge on any atom is 0.274 e. The molecule has 2 aromatic carbocycles. The number of hydrogen-bond acceptors (Lipinski definition) is 6. The number of methoxy groups -OCH3 is 1. The molecule has 7 nitrogen and oxygen atoms in total. The van der Waals surface area contributed by atoms with Crippen LogP contribution in [-0.2, 0) is 0 Å². The molecule has 28 heavy (non-hydrogen) atoms. The van der Waals surface area contributed by atoms with Crippen LogP contribution in [0.5, 0.6) is 5.75 Å². The van der Waals surface area contributed by atoms with E-state index in [2.05, 4.69) is 20.6 Å². The van der Waals surface area contributed by atoms with E-state index in [-0.39, 0.29) is 17.4 Å². The zero-order chi connectivity index (χ0) is 20.1. The maximum absolute atomic E-state index is 12.6. The first kappa shape index (κ1) is 19.0. The average Bonchev–Trinajstić information content (AvgIpc) is 2.68. The number of ketones is 1. The van der Waals surface area contributed by atoms with Crippen molar-refractivity contribution < 1.29 is 14.3 Å². The molecule has 0 fully saturated rings. The number of aryl methyl sites for hydroxylation is 1.